The van der Waals surface area contributed by atoms with Crippen molar-refractivity contribution >= 4 is 5.69 Å². The second kappa shape index (κ2) is 3.83. The highest BCUT2D eigenvalue weighted by Crippen LogP contribution is 2.20. The van der Waals surface area contributed by atoms with E-state index in [1.165, 1.54) is 19.3 Å². The van der Waals surface area contributed by atoms with Crippen LogP contribution in [0.4, 0.5) is 5.69 Å². The molecule has 0 spiro atoms. The molecule has 72 valence electrons. The highest BCUT2D eigenvalue weighted by molar-refractivity contribution is 5.41. The third kappa shape index (κ3) is 2.04. The van der Waals surface area contributed by atoms with Crippen LogP contribution in [0.1, 0.15) is 25.7 Å². The van der Waals surface area contributed by atoms with E-state index in [4.69, 9.17) is 5.73 Å². The van der Waals surface area contributed by atoms with Crippen LogP contribution in [0, 0.1) is 0 Å². The van der Waals surface area contributed by atoms with Gasteiger partial charge in [0, 0.05) is 24.5 Å². The molecule has 2 rings (SSSR count). The Labute approximate surface area is 78.7 Å². The minimum absolute atomic E-state index is 0.323. The summed E-state index contributed by atoms with van der Waals surface area (Å²) in [5, 5.41) is 3.45. The summed E-state index contributed by atoms with van der Waals surface area (Å²) in [6.07, 6.45) is 8.84. The molecule has 1 fully saturated rings. The van der Waals surface area contributed by atoms with Gasteiger partial charge in [-0.3, -0.25) is 0 Å². The molecule has 0 radical (unpaired) electrons. The third-order valence-corrected chi connectivity index (χ3v) is 2.77. The summed E-state index contributed by atoms with van der Waals surface area (Å²) in [4.78, 5) is 3.03. The van der Waals surface area contributed by atoms with Crippen LogP contribution in [0.3, 0.4) is 0 Å². The van der Waals surface area contributed by atoms with Gasteiger partial charge in [0.05, 0.1) is 5.69 Å². The van der Waals surface area contributed by atoms with Crippen molar-refractivity contribution in [3.05, 3.63) is 18.5 Å². The number of hydrogen-bond acceptors (Lipinski definition) is 2. The first-order chi connectivity index (χ1) is 6.36. The van der Waals surface area contributed by atoms with Crippen molar-refractivity contribution in [1.29, 1.82) is 0 Å². The SMILES string of the molecule is NC1CCCCC1Nc1cc[nH]c1. The van der Waals surface area contributed by atoms with Crippen molar-refractivity contribution in [2.45, 2.75) is 37.8 Å². The van der Waals surface area contributed by atoms with Gasteiger partial charge in [0.25, 0.3) is 0 Å². The number of nitrogens with one attached hydrogen (secondary N) is 2. The quantitative estimate of drug-likeness (QED) is 0.647. The van der Waals surface area contributed by atoms with Crippen molar-refractivity contribution in [2.75, 3.05) is 5.32 Å². The smallest absolute Gasteiger partial charge is 0.0520 e. The van der Waals surface area contributed by atoms with Crippen LogP contribution in [0.15, 0.2) is 18.5 Å². The summed E-state index contributed by atoms with van der Waals surface area (Å²) in [7, 11) is 0. The van der Waals surface area contributed by atoms with Crippen molar-refractivity contribution in [2.24, 2.45) is 5.73 Å². The van der Waals surface area contributed by atoms with Crippen LogP contribution in [0.5, 0.6) is 0 Å². The topological polar surface area (TPSA) is 53.8 Å². The van der Waals surface area contributed by atoms with Crippen molar-refractivity contribution in [3.8, 4) is 0 Å². The molecule has 0 saturated heterocycles. The maximum atomic E-state index is 6.02. The molecular formula is C10H17N3. The van der Waals surface area contributed by atoms with Crippen LogP contribution in [-0.4, -0.2) is 17.1 Å². The number of anilines is 1. The lowest BCUT2D eigenvalue weighted by Crippen LogP contribution is -2.42. The van der Waals surface area contributed by atoms with Crippen LogP contribution in [-0.2, 0) is 0 Å². The van der Waals surface area contributed by atoms with Gasteiger partial charge in [-0.25, -0.2) is 0 Å². The molecule has 4 N–H and O–H groups in total. The van der Waals surface area contributed by atoms with E-state index in [0.29, 0.717) is 12.1 Å². The molecule has 3 heteroatoms. The second-order valence-corrected chi connectivity index (χ2v) is 3.80. The number of aromatic amines is 1. The van der Waals surface area contributed by atoms with E-state index >= 15 is 0 Å². The molecule has 0 bridgehead atoms. The van der Waals surface area contributed by atoms with E-state index in [-0.39, 0.29) is 0 Å². The van der Waals surface area contributed by atoms with Gasteiger partial charge < -0.3 is 16.0 Å². The van der Waals surface area contributed by atoms with E-state index in [0.717, 1.165) is 12.1 Å². The Morgan fingerprint density at radius 3 is 2.92 bits per heavy atom. The number of rotatable bonds is 2. The average molecular weight is 179 g/mol. The fraction of sp³-hybridized carbons (Fsp3) is 0.600. The van der Waals surface area contributed by atoms with Gasteiger partial charge in [0.2, 0.25) is 0 Å². The van der Waals surface area contributed by atoms with Gasteiger partial charge in [-0.15, -0.1) is 0 Å². The van der Waals surface area contributed by atoms with E-state index < -0.39 is 0 Å². The first-order valence-electron chi connectivity index (χ1n) is 5.01. The second-order valence-electron chi connectivity index (χ2n) is 3.80. The standard InChI is InChI=1S/C10H17N3/c11-9-3-1-2-4-10(9)13-8-5-6-12-7-8/h5-7,9-10,12-13H,1-4,11H2. The molecular weight excluding hydrogens is 162 g/mol. The van der Waals surface area contributed by atoms with Gasteiger partial charge in [-0.2, -0.15) is 0 Å². The van der Waals surface area contributed by atoms with Gasteiger partial charge in [-0.05, 0) is 18.9 Å². The molecule has 0 aromatic carbocycles. The van der Waals surface area contributed by atoms with E-state index in [9.17, 15) is 0 Å². The Morgan fingerprint density at radius 2 is 2.23 bits per heavy atom. The van der Waals surface area contributed by atoms with Crippen molar-refractivity contribution in [1.82, 2.24) is 4.98 Å². The zero-order chi connectivity index (χ0) is 9.10. The normalized spacial score (nSPS) is 28.7. The highest BCUT2D eigenvalue weighted by Gasteiger charge is 2.21. The van der Waals surface area contributed by atoms with E-state index in [2.05, 4.69) is 10.3 Å². The Hall–Kier alpha value is -0.960. The number of nitrogens with two attached hydrogens (primary N) is 1. The highest BCUT2D eigenvalue weighted by atomic mass is 15.0. The monoisotopic (exact) mass is 179 g/mol. The molecule has 1 heterocycles. The van der Waals surface area contributed by atoms with Crippen LogP contribution >= 0.6 is 0 Å². The molecule has 1 aliphatic carbocycles. The fourth-order valence-electron chi connectivity index (χ4n) is 1.97. The van der Waals surface area contributed by atoms with Gasteiger partial charge in [0.15, 0.2) is 0 Å². The number of H-pyrrole nitrogens is 1. The molecule has 2 atom stereocenters. The van der Waals surface area contributed by atoms with E-state index in [1.54, 1.807) is 0 Å². The maximum absolute atomic E-state index is 6.02. The largest absolute Gasteiger partial charge is 0.380 e. The summed E-state index contributed by atoms with van der Waals surface area (Å²) < 4.78 is 0. The Balaban J connectivity index is 1.93. The van der Waals surface area contributed by atoms with Gasteiger partial charge >= 0.3 is 0 Å². The summed E-state index contributed by atoms with van der Waals surface area (Å²) in [5.41, 5.74) is 7.18. The summed E-state index contributed by atoms with van der Waals surface area (Å²) in [5.74, 6) is 0. The molecule has 13 heavy (non-hydrogen) atoms. The predicted octanol–water partition coefficient (Wildman–Crippen LogP) is 1.70. The minimum Gasteiger partial charge on any atom is -0.380 e. The molecule has 3 nitrogen and oxygen atoms in total. The van der Waals surface area contributed by atoms with Crippen LogP contribution in [0.25, 0.3) is 0 Å². The predicted molar refractivity (Wildman–Crippen MR) is 54.6 cm³/mol. The third-order valence-electron chi connectivity index (χ3n) is 2.77. The Morgan fingerprint density at radius 1 is 1.38 bits per heavy atom. The molecule has 2 unspecified atom stereocenters. The van der Waals surface area contributed by atoms with Crippen LogP contribution < -0.4 is 11.1 Å². The average Bonchev–Trinajstić information content (AvgIpc) is 2.61. The molecule has 0 aliphatic heterocycles. The van der Waals surface area contributed by atoms with Crippen molar-refractivity contribution < 1.29 is 0 Å². The summed E-state index contributed by atoms with van der Waals surface area (Å²) in [6.45, 7) is 0. The Kier molecular flexibility index (Phi) is 2.54. The van der Waals surface area contributed by atoms with E-state index in [1.807, 2.05) is 18.5 Å². The lowest BCUT2D eigenvalue weighted by Gasteiger charge is -2.29. The minimum atomic E-state index is 0.323. The first-order valence-corrected chi connectivity index (χ1v) is 5.01. The van der Waals surface area contributed by atoms with Crippen molar-refractivity contribution in [3.63, 3.8) is 0 Å². The molecule has 1 aliphatic rings. The lowest BCUT2D eigenvalue weighted by atomic mass is 9.91. The molecule has 1 aromatic heterocycles. The summed E-state index contributed by atoms with van der Waals surface area (Å²) in [6, 6.07) is 2.83. The molecule has 1 aromatic rings. The first kappa shape index (κ1) is 8.63. The zero-order valence-electron chi connectivity index (χ0n) is 7.79. The number of hydrogen-bond donors (Lipinski definition) is 3. The zero-order valence-corrected chi connectivity index (χ0v) is 7.79. The molecule has 1 saturated carbocycles. The van der Waals surface area contributed by atoms with Crippen LogP contribution in [0.2, 0.25) is 0 Å². The maximum Gasteiger partial charge on any atom is 0.0520 e. The van der Waals surface area contributed by atoms with Gasteiger partial charge in [0.1, 0.15) is 0 Å². The Bertz CT molecular complexity index is 243. The lowest BCUT2D eigenvalue weighted by molar-refractivity contribution is 0.404. The molecule has 0 amide bonds. The summed E-state index contributed by atoms with van der Waals surface area (Å²) >= 11 is 0. The number of aromatic nitrogens is 1. The van der Waals surface area contributed by atoms with Gasteiger partial charge in [-0.1, -0.05) is 12.8 Å². The fourth-order valence-corrected chi connectivity index (χ4v) is 1.97.